The van der Waals surface area contributed by atoms with Crippen molar-refractivity contribution in [1.29, 1.82) is 0 Å². The first kappa shape index (κ1) is 13.5. The molecule has 1 aliphatic carbocycles. The van der Waals surface area contributed by atoms with E-state index in [0.29, 0.717) is 12.5 Å². The molecule has 20 heavy (non-hydrogen) atoms. The molecule has 0 bridgehead atoms. The number of aromatic nitrogens is 3. The third-order valence-electron chi connectivity index (χ3n) is 3.99. The van der Waals surface area contributed by atoms with Crippen molar-refractivity contribution in [3.8, 4) is 0 Å². The van der Waals surface area contributed by atoms with Crippen LogP contribution in [-0.2, 0) is 11.3 Å². The van der Waals surface area contributed by atoms with E-state index in [0.717, 1.165) is 31.9 Å². The summed E-state index contributed by atoms with van der Waals surface area (Å²) in [7, 11) is 0. The summed E-state index contributed by atoms with van der Waals surface area (Å²) in [5.74, 6) is 0.668. The van der Waals surface area contributed by atoms with Gasteiger partial charge in [0.25, 0.3) is 0 Å². The van der Waals surface area contributed by atoms with E-state index >= 15 is 0 Å². The second kappa shape index (κ2) is 5.88. The van der Waals surface area contributed by atoms with E-state index in [-0.39, 0.29) is 19.1 Å². The minimum atomic E-state index is 0.0981. The molecule has 1 aromatic heterocycles. The van der Waals surface area contributed by atoms with Crippen LogP contribution >= 0.6 is 0 Å². The minimum Gasteiger partial charge on any atom is -0.395 e. The number of amides is 1. The van der Waals surface area contributed by atoms with Crippen LogP contribution in [0.3, 0.4) is 0 Å². The molecule has 0 aromatic carbocycles. The van der Waals surface area contributed by atoms with Gasteiger partial charge in [0, 0.05) is 44.8 Å². The van der Waals surface area contributed by atoms with Gasteiger partial charge in [0.2, 0.25) is 5.91 Å². The number of nitrogens with zero attached hydrogens (tertiary/aromatic N) is 5. The van der Waals surface area contributed by atoms with Crippen molar-refractivity contribution in [1.82, 2.24) is 24.8 Å². The fourth-order valence-electron chi connectivity index (χ4n) is 2.56. The number of hydrogen-bond donors (Lipinski definition) is 1. The minimum absolute atomic E-state index is 0.0981. The van der Waals surface area contributed by atoms with Crippen molar-refractivity contribution in [3.05, 3.63) is 11.9 Å². The van der Waals surface area contributed by atoms with Gasteiger partial charge >= 0.3 is 0 Å². The number of hydrogen-bond acceptors (Lipinski definition) is 5. The molecule has 0 radical (unpaired) electrons. The predicted molar refractivity (Wildman–Crippen MR) is 72.1 cm³/mol. The van der Waals surface area contributed by atoms with Gasteiger partial charge in [0.1, 0.15) is 6.54 Å². The van der Waals surface area contributed by atoms with Gasteiger partial charge in [-0.25, -0.2) is 4.68 Å². The maximum absolute atomic E-state index is 12.2. The molecule has 1 saturated heterocycles. The number of carbonyl (C=O) groups is 1. The molecular weight excluding hydrogens is 258 g/mol. The molecule has 0 atom stereocenters. The van der Waals surface area contributed by atoms with E-state index < -0.39 is 0 Å². The summed E-state index contributed by atoms with van der Waals surface area (Å²) in [5, 5.41) is 17.1. The quantitative estimate of drug-likeness (QED) is 0.771. The average Bonchev–Trinajstić information content (AvgIpc) is 3.21. The van der Waals surface area contributed by atoms with E-state index in [9.17, 15) is 4.79 Å². The van der Waals surface area contributed by atoms with E-state index in [1.165, 1.54) is 12.8 Å². The van der Waals surface area contributed by atoms with Crippen LogP contribution in [0.25, 0.3) is 0 Å². The monoisotopic (exact) mass is 279 g/mol. The highest BCUT2D eigenvalue weighted by Crippen LogP contribution is 2.38. The third kappa shape index (κ3) is 3.16. The highest BCUT2D eigenvalue weighted by molar-refractivity contribution is 5.76. The zero-order valence-corrected chi connectivity index (χ0v) is 11.6. The van der Waals surface area contributed by atoms with Crippen LogP contribution in [-0.4, -0.2) is 75.1 Å². The Bertz CT molecular complexity index is 463. The average molecular weight is 279 g/mol. The Morgan fingerprint density at radius 2 is 2.05 bits per heavy atom. The Kier molecular flexibility index (Phi) is 3.98. The molecule has 0 unspecified atom stereocenters. The summed E-state index contributed by atoms with van der Waals surface area (Å²) < 4.78 is 1.65. The lowest BCUT2D eigenvalue weighted by molar-refractivity contribution is -0.133. The summed E-state index contributed by atoms with van der Waals surface area (Å²) >= 11 is 0. The van der Waals surface area contributed by atoms with Gasteiger partial charge < -0.3 is 10.0 Å². The van der Waals surface area contributed by atoms with Gasteiger partial charge in [-0.05, 0) is 12.8 Å². The first-order valence-electron chi connectivity index (χ1n) is 7.27. The molecule has 7 nitrogen and oxygen atoms in total. The Morgan fingerprint density at radius 1 is 1.30 bits per heavy atom. The molecule has 1 aliphatic heterocycles. The molecule has 3 rings (SSSR count). The Balaban J connectivity index is 1.49. The summed E-state index contributed by atoms with van der Waals surface area (Å²) in [6, 6.07) is 0. The molecule has 1 saturated carbocycles. The van der Waals surface area contributed by atoms with Crippen molar-refractivity contribution in [2.45, 2.75) is 25.3 Å². The lowest BCUT2D eigenvalue weighted by Crippen LogP contribution is -2.50. The summed E-state index contributed by atoms with van der Waals surface area (Å²) in [6.07, 6.45) is 4.29. The molecule has 2 heterocycles. The Labute approximate surface area is 118 Å². The Hall–Kier alpha value is -1.47. The number of β-amino-alcohol motifs (C(OH)–C–C–N with tert-alkyl or cyclic N) is 1. The van der Waals surface area contributed by atoms with Gasteiger partial charge in [-0.3, -0.25) is 9.69 Å². The standard InChI is InChI=1S/C13H21N5O2/c19-8-7-16-3-5-17(6-4-16)13(20)10-18-9-12(14-15-18)11-1-2-11/h9,11,19H,1-8,10H2. The summed E-state index contributed by atoms with van der Waals surface area (Å²) in [5.41, 5.74) is 1.02. The van der Waals surface area contributed by atoms with Gasteiger partial charge in [0.15, 0.2) is 0 Å². The first-order chi connectivity index (χ1) is 9.76. The van der Waals surface area contributed by atoms with Gasteiger partial charge in [0.05, 0.1) is 12.3 Å². The smallest absolute Gasteiger partial charge is 0.244 e. The Morgan fingerprint density at radius 3 is 2.70 bits per heavy atom. The molecule has 2 aliphatic rings. The lowest BCUT2D eigenvalue weighted by atomic mass is 10.3. The third-order valence-corrected chi connectivity index (χ3v) is 3.99. The number of rotatable bonds is 5. The van der Waals surface area contributed by atoms with E-state index in [1.807, 2.05) is 11.1 Å². The molecule has 2 fully saturated rings. The summed E-state index contributed by atoms with van der Waals surface area (Å²) in [4.78, 5) is 16.2. The highest BCUT2D eigenvalue weighted by Gasteiger charge is 2.27. The number of aliphatic hydroxyl groups excluding tert-OH is 1. The molecule has 1 N–H and O–H groups in total. The zero-order valence-electron chi connectivity index (χ0n) is 11.6. The van der Waals surface area contributed by atoms with Crippen LogP contribution in [0.2, 0.25) is 0 Å². The van der Waals surface area contributed by atoms with Gasteiger partial charge in [-0.2, -0.15) is 0 Å². The van der Waals surface area contributed by atoms with E-state index in [4.69, 9.17) is 5.11 Å². The van der Waals surface area contributed by atoms with E-state index in [2.05, 4.69) is 15.2 Å². The van der Waals surface area contributed by atoms with Crippen LogP contribution in [0.1, 0.15) is 24.5 Å². The normalized spacial score (nSPS) is 20.4. The zero-order chi connectivity index (χ0) is 13.9. The van der Waals surface area contributed by atoms with Gasteiger partial charge in [-0.1, -0.05) is 5.21 Å². The van der Waals surface area contributed by atoms with Crippen LogP contribution in [0, 0.1) is 0 Å². The fourth-order valence-corrected chi connectivity index (χ4v) is 2.56. The van der Waals surface area contributed by atoms with Gasteiger partial charge in [-0.15, -0.1) is 5.10 Å². The molecule has 110 valence electrons. The van der Waals surface area contributed by atoms with Crippen molar-refractivity contribution >= 4 is 5.91 Å². The maximum atomic E-state index is 12.2. The second-order valence-electron chi connectivity index (χ2n) is 5.56. The van der Waals surface area contributed by atoms with Crippen LogP contribution in [0.4, 0.5) is 0 Å². The number of piperazine rings is 1. The number of carbonyl (C=O) groups excluding carboxylic acids is 1. The van der Waals surface area contributed by atoms with Crippen LogP contribution < -0.4 is 0 Å². The second-order valence-corrected chi connectivity index (χ2v) is 5.56. The topological polar surface area (TPSA) is 74.5 Å². The summed E-state index contributed by atoms with van der Waals surface area (Å²) in [6.45, 7) is 4.26. The molecule has 1 amide bonds. The molecule has 7 heteroatoms. The van der Waals surface area contributed by atoms with E-state index in [1.54, 1.807) is 4.68 Å². The van der Waals surface area contributed by atoms with Crippen molar-refractivity contribution < 1.29 is 9.90 Å². The maximum Gasteiger partial charge on any atom is 0.244 e. The largest absolute Gasteiger partial charge is 0.395 e. The van der Waals surface area contributed by atoms with Crippen molar-refractivity contribution in [2.75, 3.05) is 39.3 Å². The van der Waals surface area contributed by atoms with Crippen LogP contribution in [0.15, 0.2) is 6.20 Å². The lowest BCUT2D eigenvalue weighted by Gasteiger charge is -2.34. The molecular formula is C13H21N5O2. The SMILES string of the molecule is O=C(Cn1cc(C2CC2)nn1)N1CCN(CCO)CC1. The van der Waals surface area contributed by atoms with Crippen LogP contribution in [0.5, 0.6) is 0 Å². The molecule has 0 spiro atoms. The fraction of sp³-hybridized carbons (Fsp3) is 0.769. The number of aliphatic hydroxyl groups is 1. The first-order valence-corrected chi connectivity index (χ1v) is 7.27. The predicted octanol–water partition coefficient (Wildman–Crippen LogP) is -0.708. The van der Waals surface area contributed by atoms with Crippen molar-refractivity contribution in [3.63, 3.8) is 0 Å². The van der Waals surface area contributed by atoms with Crippen molar-refractivity contribution in [2.24, 2.45) is 0 Å². The highest BCUT2D eigenvalue weighted by atomic mass is 16.3. The molecule has 1 aromatic rings.